The summed E-state index contributed by atoms with van der Waals surface area (Å²) in [7, 11) is 0. The van der Waals surface area contributed by atoms with Crippen molar-refractivity contribution in [1.82, 2.24) is 9.13 Å². The molecule has 532 valence electrons. The van der Waals surface area contributed by atoms with E-state index >= 15 is 0 Å². The van der Waals surface area contributed by atoms with Gasteiger partial charge >= 0.3 is 0 Å². The molecule has 12 aromatic carbocycles. The Morgan fingerprint density at radius 1 is 0.217 bits per heavy atom. The Morgan fingerprint density at radius 2 is 0.491 bits per heavy atom. The van der Waals surface area contributed by atoms with Crippen LogP contribution < -0.4 is 26.2 Å². The summed E-state index contributed by atoms with van der Waals surface area (Å²) in [5, 5.41) is 5.10. The molecule has 14 aromatic rings. The van der Waals surface area contributed by atoms with Gasteiger partial charge in [-0.2, -0.15) is 0 Å². The predicted molar refractivity (Wildman–Crippen MR) is 461 cm³/mol. The smallest absolute Gasteiger partial charge is 0.252 e. The van der Waals surface area contributed by atoms with Gasteiger partial charge in [-0.15, -0.1) is 0 Å². The van der Waals surface area contributed by atoms with Gasteiger partial charge in [0.25, 0.3) is 6.71 Å². The van der Waals surface area contributed by atoms with E-state index in [1.165, 1.54) is 138 Å². The zero-order valence-corrected chi connectivity index (χ0v) is 66.9. The van der Waals surface area contributed by atoms with Gasteiger partial charge in [0, 0.05) is 67.0 Å². The third-order valence-corrected chi connectivity index (χ3v) is 23.2. The summed E-state index contributed by atoms with van der Waals surface area (Å²) in [6.45, 7) is 50.9. The summed E-state index contributed by atoms with van der Waals surface area (Å²) in [5.74, 6) is 0. The van der Waals surface area contributed by atoms with Crippen molar-refractivity contribution in [2.45, 2.75) is 190 Å². The third kappa shape index (κ3) is 12.2. The van der Waals surface area contributed by atoms with E-state index in [9.17, 15) is 0 Å². The molecule has 0 saturated heterocycles. The van der Waals surface area contributed by atoms with Crippen LogP contribution in [-0.4, -0.2) is 15.8 Å². The summed E-state index contributed by atoms with van der Waals surface area (Å²) in [4.78, 5) is 5.26. The first kappa shape index (κ1) is 70.2. The Hall–Kier alpha value is -10.1. The SMILES string of the molecule is Cc1cc(-c2cc3c4c(c2)N(c2ccc(-c5ccc(C(C)(C)C)cc5)cc2)c2cc(-n5c6ccc(C(C)(C)C)cc6c6cc(C(C)(C)C)ccc65)ccc2B4c2ccc(-n4c5ccc(C(C)(C)C)cc5c5cc(C(C)(C)C)ccc54)cc2N3c2ccc(-c3ccc(C(C)(C)C)cc3)cc2)cc(C(C)(C)C)c1. The molecule has 0 N–H and O–H groups in total. The number of hydrogen-bond acceptors (Lipinski definition) is 2. The highest BCUT2D eigenvalue weighted by atomic mass is 15.2. The van der Waals surface area contributed by atoms with E-state index in [1.54, 1.807) is 0 Å². The summed E-state index contributed by atoms with van der Waals surface area (Å²) in [6, 6.07) is 93.5. The first-order chi connectivity index (χ1) is 49.8. The van der Waals surface area contributed by atoms with E-state index in [0.717, 1.165) is 45.5 Å². The van der Waals surface area contributed by atoms with Crippen molar-refractivity contribution in [1.29, 1.82) is 0 Å². The maximum absolute atomic E-state index is 2.63. The number of fused-ring (bicyclic) bond motifs is 10. The number of hydrogen-bond donors (Lipinski definition) is 0. The molecule has 4 nitrogen and oxygen atoms in total. The monoisotopic (exact) mass is 1380 g/mol. The Bertz CT molecular complexity index is 5370. The molecule has 5 heteroatoms. The van der Waals surface area contributed by atoms with Gasteiger partial charge < -0.3 is 18.9 Å². The topological polar surface area (TPSA) is 16.3 Å². The minimum absolute atomic E-state index is 0.0371. The van der Waals surface area contributed by atoms with Crippen molar-refractivity contribution in [2.75, 3.05) is 9.80 Å². The molecule has 2 aliphatic heterocycles. The maximum atomic E-state index is 2.63. The Balaban J connectivity index is 1.00. The summed E-state index contributed by atoms with van der Waals surface area (Å²) in [5.41, 5.74) is 35.2. The molecule has 16 rings (SSSR count). The van der Waals surface area contributed by atoms with Gasteiger partial charge in [-0.3, -0.25) is 0 Å². The Morgan fingerprint density at radius 3 is 0.792 bits per heavy atom. The highest BCUT2D eigenvalue weighted by molar-refractivity contribution is 7.00. The number of benzene rings is 12. The molecule has 0 spiro atoms. The van der Waals surface area contributed by atoms with Crippen molar-refractivity contribution in [3.8, 4) is 44.8 Å². The molecule has 0 saturated carbocycles. The molecule has 4 heterocycles. The lowest BCUT2D eigenvalue weighted by Crippen LogP contribution is -2.61. The van der Waals surface area contributed by atoms with Gasteiger partial charge in [-0.1, -0.05) is 278 Å². The standard InChI is InChI=1S/C101H105BN4/c1-62-51-67(53-75(52-62)101(20,21)22)68-54-92-94-93(55-68)104(77-41-29-66(30-42-77)64-25-33-70(34-26-64)96(5,6)7)91-61-79(106-88-49-37-73(99(14,15)16)58-82(88)83-59-74(100(17,18)19)38-50-89(83)106)44-46-85(91)102(94)84-45-43-78(60-90(84)103(92)76-39-27-65(28-40-76)63-23-31-69(32-24-63)95(2,3)4)105-86-47-35-71(97(8,9)10)56-80(86)81-57-72(98(11,12)13)36-48-87(81)105/h23-61H,1-22H3. The van der Waals surface area contributed by atoms with Crippen molar-refractivity contribution in [3.63, 3.8) is 0 Å². The van der Waals surface area contributed by atoms with Crippen LogP contribution in [0.15, 0.2) is 237 Å². The molecule has 0 bridgehead atoms. The van der Waals surface area contributed by atoms with E-state index in [4.69, 9.17) is 0 Å². The van der Waals surface area contributed by atoms with Crippen LogP contribution in [0.4, 0.5) is 34.1 Å². The fraction of sp³-hybridized carbons (Fsp3) is 0.287. The number of nitrogens with zero attached hydrogens (tertiary/aromatic N) is 4. The number of aromatic nitrogens is 2. The van der Waals surface area contributed by atoms with Gasteiger partial charge in [0.2, 0.25) is 0 Å². The highest BCUT2D eigenvalue weighted by Gasteiger charge is 2.45. The summed E-state index contributed by atoms with van der Waals surface area (Å²) < 4.78 is 5.10. The largest absolute Gasteiger partial charge is 0.311 e. The van der Waals surface area contributed by atoms with E-state index in [-0.39, 0.29) is 44.6 Å². The molecule has 0 amide bonds. The quantitative estimate of drug-likeness (QED) is 0.148. The van der Waals surface area contributed by atoms with Gasteiger partial charge in [0.15, 0.2) is 0 Å². The molecule has 2 aliphatic rings. The fourth-order valence-electron chi connectivity index (χ4n) is 16.8. The van der Waals surface area contributed by atoms with Crippen LogP contribution in [0.25, 0.3) is 88.4 Å². The molecule has 0 unspecified atom stereocenters. The van der Waals surface area contributed by atoms with Crippen LogP contribution in [0.1, 0.15) is 190 Å². The van der Waals surface area contributed by atoms with Crippen LogP contribution in [0.2, 0.25) is 0 Å². The normalized spacial score (nSPS) is 13.7. The average Bonchev–Trinajstić information content (AvgIpc) is 0.720. The van der Waals surface area contributed by atoms with Crippen LogP contribution in [0.5, 0.6) is 0 Å². The average molecular weight is 1390 g/mol. The molecule has 0 radical (unpaired) electrons. The Labute approximate surface area is 631 Å². The van der Waals surface area contributed by atoms with Gasteiger partial charge in [0.1, 0.15) is 0 Å². The van der Waals surface area contributed by atoms with Gasteiger partial charge in [-0.05, 0) is 243 Å². The lowest BCUT2D eigenvalue weighted by molar-refractivity contribution is 0.590. The molecular formula is C101H105BN4. The zero-order valence-electron chi connectivity index (χ0n) is 66.9. The lowest BCUT2D eigenvalue weighted by atomic mass is 9.33. The minimum atomic E-state index is -0.174. The van der Waals surface area contributed by atoms with Crippen molar-refractivity contribution in [2.24, 2.45) is 0 Å². The minimum Gasteiger partial charge on any atom is -0.311 e. The van der Waals surface area contributed by atoms with E-state index < -0.39 is 0 Å². The van der Waals surface area contributed by atoms with Crippen LogP contribution in [0.3, 0.4) is 0 Å². The molecule has 106 heavy (non-hydrogen) atoms. The first-order valence-corrected chi connectivity index (χ1v) is 38.6. The predicted octanol–water partition coefficient (Wildman–Crippen LogP) is 26.4. The zero-order chi connectivity index (χ0) is 75.0. The van der Waals surface area contributed by atoms with Crippen LogP contribution in [0, 0.1) is 6.92 Å². The fourth-order valence-corrected chi connectivity index (χ4v) is 16.8. The first-order valence-electron chi connectivity index (χ1n) is 38.6. The van der Waals surface area contributed by atoms with E-state index in [0.29, 0.717) is 0 Å². The van der Waals surface area contributed by atoms with E-state index in [2.05, 4.69) is 408 Å². The number of anilines is 6. The molecule has 0 fully saturated rings. The van der Waals surface area contributed by atoms with Gasteiger partial charge in [0.05, 0.1) is 22.1 Å². The van der Waals surface area contributed by atoms with Crippen molar-refractivity contribution < 1.29 is 0 Å². The molecular weight excluding hydrogens is 1280 g/mol. The van der Waals surface area contributed by atoms with Crippen LogP contribution in [-0.2, 0) is 37.9 Å². The molecule has 0 atom stereocenters. The second-order valence-corrected chi connectivity index (χ2v) is 38.2. The Kier molecular flexibility index (Phi) is 16.2. The van der Waals surface area contributed by atoms with Gasteiger partial charge in [-0.25, -0.2) is 0 Å². The lowest BCUT2D eigenvalue weighted by Gasteiger charge is -2.44. The third-order valence-electron chi connectivity index (χ3n) is 23.2. The number of aryl methyl sites for hydroxylation is 1. The van der Waals surface area contributed by atoms with Crippen molar-refractivity contribution in [3.05, 3.63) is 281 Å². The summed E-state index contributed by atoms with van der Waals surface area (Å²) >= 11 is 0. The maximum Gasteiger partial charge on any atom is 0.252 e. The van der Waals surface area contributed by atoms with Crippen molar-refractivity contribution >= 4 is 101 Å². The second kappa shape index (κ2) is 24.5. The van der Waals surface area contributed by atoms with E-state index in [1.807, 2.05) is 0 Å². The number of rotatable bonds is 7. The summed E-state index contributed by atoms with van der Waals surface area (Å²) in [6.07, 6.45) is 0. The second-order valence-electron chi connectivity index (χ2n) is 38.2. The highest BCUT2D eigenvalue weighted by Crippen LogP contribution is 2.50. The molecule has 2 aromatic heterocycles. The molecule has 0 aliphatic carbocycles. The van der Waals surface area contributed by atoms with Crippen LogP contribution >= 0.6 is 0 Å².